The van der Waals surface area contributed by atoms with Crippen LogP contribution in [-0.2, 0) is 0 Å². The first-order valence-corrected chi connectivity index (χ1v) is 1.62. The molecule has 0 spiro atoms. The van der Waals surface area contributed by atoms with Gasteiger partial charge >= 0.3 is 29.6 Å². The van der Waals surface area contributed by atoms with Gasteiger partial charge in [-0.1, -0.05) is 0 Å². The Morgan fingerprint density at radius 2 is 1.67 bits per heavy atom. The number of aliphatic hydroxyl groups excluding tert-OH is 1. The fourth-order valence-electron chi connectivity index (χ4n) is 0. The van der Waals surface area contributed by atoms with Crippen LogP contribution < -0.4 is 42.0 Å². The summed E-state index contributed by atoms with van der Waals surface area (Å²) in [4.78, 5) is 0. The number of alkyl halides is 1. The van der Waals surface area contributed by atoms with E-state index < -0.39 is 0 Å². The minimum Gasteiger partial charge on any atom is -1.00 e. The van der Waals surface area contributed by atoms with Crippen molar-refractivity contribution in [2.75, 3.05) is 12.5 Å². The van der Waals surface area contributed by atoms with E-state index in [0.29, 0.717) is 5.88 Å². The van der Waals surface area contributed by atoms with Gasteiger partial charge in [-0.15, -0.1) is 11.6 Å². The molecule has 0 aromatic heterocycles. The van der Waals surface area contributed by atoms with Gasteiger partial charge in [-0.05, 0) is 0 Å². The zero-order valence-electron chi connectivity index (χ0n) is 3.62. The SMILES string of the molecule is OCCCl.[Cl-].[Na+]. The molecule has 0 radical (unpaired) electrons. The topological polar surface area (TPSA) is 20.2 Å². The summed E-state index contributed by atoms with van der Waals surface area (Å²) < 4.78 is 0. The van der Waals surface area contributed by atoms with Crippen LogP contribution in [0.5, 0.6) is 0 Å². The van der Waals surface area contributed by atoms with Crippen molar-refractivity contribution in [3.63, 3.8) is 0 Å². The maximum atomic E-state index is 7.74. The molecule has 0 saturated heterocycles. The molecule has 0 aliphatic rings. The van der Waals surface area contributed by atoms with Crippen LogP contribution in [0.2, 0.25) is 0 Å². The van der Waals surface area contributed by atoms with Crippen molar-refractivity contribution in [1.82, 2.24) is 0 Å². The third kappa shape index (κ3) is 17.7. The summed E-state index contributed by atoms with van der Waals surface area (Å²) in [6.45, 7) is 0.0849. The molecule has 0 heterocycles. The van der Waals surface area contributed by atoms with Gasteiger partial charge in [0.25, 0.3) is 0 Å². The van der Waals surface area contributed by atoms with Gasteiger partial charge in [0.15, 0.2) is 0 Å². The van der Waals surface area contributed by atoms with Crippen molar-refractivity contribution < 1.29 is 47.1 Å². The second-order valence-corrected chi connectivity index (χ2v) is 0.791. The van der Waals surface area contributed by atoms with Crippen LogP contribution in [0.4, 0.5) is 0 Å². The van der Waals surface area contributed by atoms with Crippen molar-refractivity contribution in [3.05, 3.63) is 0 Å². The summed E-state index contributed by atoms with van der Waals surface area (Å²) in [6.07, 6.45) is 0. The van der Waals surface area contributed by atoms with E-state index in [4.69, 9.17) is 16.7 Å². The molecule has 0 bridgehead atoms. The first-order chi connectivity index (χ1) is 1.91. The first kappa shape index (κ1) is 15.6. The quantitative estimate of drug-likeness (QED) is 0.283. The molecule has 0 amide bonds. The number of hydrogen-bond donors (Lipinski definition) is 1. The summed E-state index contributed by atoms with van der Waals surface area (Å²) in [6, 6.07) is 0. The second kappa shape index (κ2) is 16.0. The van der Waals surface area contributed by atoms with Crippen molar-refractivity contribution in [2.45, 2.75) is 0 Å². The summed E-state index contributed by atoms with van der Waals surface area (Å²) in [7, 11) is 0. The first-order valence-electron chi connectivity index (χ1n) is 1.08. The fraction of sp³-hybridized carbons (Fsp3) is 1.00. The van der Waals surface area contributed by atoms with E-state index in [-0.39, 0.29) is 48.6 Å². The average molecular weight is 139 g/mol. The van der Waals surface area contributed by atoms with Gasteiger partial charge in [-0.3, -0.25) is 0 Å². The molecule has 0 rings (SSSR count). The van der Waals surface area contributed by atoms with Crippen LogP contribution >= 0.6 is 11.6 Å². The van der Waals surface area contributed by atoms with Crippen molar-refractivity contribution in [1.29, 1.82) is 0 Å². The average Bonchev–Trinajstić information content (AvgIpc) is 1.37. The van der Waals surface area contributed by atoms with Gasteiger partial charge in [0.2, 0.25) is 0 Å². The number of aliphatic hydroxyl groups is 1. The zero-order valence-corrected chi connectivity index (χ0v) is 7.13. The van der Waals surface area contributed by atoms with Crippen molar-refractivity contribution >= 4 is 11.6 Å². The van der Waals surface area contributed by atoms with Crippen LogP contribution in [0.3, 0.4) is 0 Å². The molecule has 6 heavy (non-hydrogen) atoms. The Hall–Kier alpha value is 1.54. The molecule has 0 saturated carbocycles. The summed E-state index contributed by atoms with van der Waals surface area (Å²) in [5.74, 6) is 0.347. The van der Waals surface area contributed by atoms with E-state index in [1.807, 2.05) is 0 Å². The number of halogens is 2. The molecule has 0 aliphatic carbocycles. The molecule has 34 valence electrons. The van der Waals surface area contributed by atoms with Gasteiger partial charge in [0.05, 0.1) is 6.61 Å². The third-order valence-electron chi connectivity index (χ3n) is 0.0845. The fourth-order valence-corrected chi connectivity index (χ4v) is 0. The standard InChI is InChI=1S/C2H5ClO.ClH.Na/c3-1-2-4;;/h4H,1-2H2;1H;/q;;+1/p-1. The van der Waals surface area contributed by atoms with Gasteiger partial charge in [0.1, 0.15) is 0 Å². The third-order valence-corrected chi connectivity index (χ3v) is 0.254. The largest absolute Gasteiger partial charge is 1.00 e. The van der Waals surface area contributed by atoms with E-state index in [1.54, 1.807) is 0 Å². The predicted octanol–water partition coefficient (Wildman–Crippen LogP) is -5.77. The second-order valence-electron chi connectivity index (χ2n) is 0.413. The smallest absolute Gasteiger partial charge is 1.00 e. The Labute approximate surface area is 70.8 Å². The Kier molecular flexibility index (Phi) is 41.8. The molecule has 1 nitrogen and oxygen atoms in total. The zero-order chi connectivity index (χ0) is 3.41. The van der Waals surface area contributed by atoms with Crippen LogP contribution in [0.1, 0.15) is 0 Å². The molecule has 4 heteroatoms. The van der Waals surface area contributed by atoms with Gasteiger partial charge in [0, 0.05) is 5.88 Å². The van der Waals surface area contributed by atoms with Crippen LogP contribution in [0.15, 0.2) is 0 Å². The molecule has 0 atom stereocenters. The Bertz CT molecular complexity index is 13.5. The Morgan fingerprint density at radius 3 is 1.67 bits per heavy atom. The van der Waals surface area contributed by atoms with Crippen LogP contribution in [0, 0.1) is 0 Å². The number of rotatable bonds is 1. The molecular formula is C2H5Cl2NaO. The van der Waals surface area contributed by atoms with Gasteiger partial charge < -0.3 is 17.5 Å². The molecule has 0 unspecified atom stereocenters. The van der Waals surface area contributed by atoms with Gasteiger partial charge in [-0.25, -0.2) is 0 Å². The van der Waals surface area contributed by atoms with Crippen LogP contribution in [-0.4, -0.2) is 17.6 Å². The van der Waals surface area contributed by atoms with Gasteiger partial charge in [-0.2, -0.15) is 0 Å². The summed E-state index contributed by atoms with van der Waals surface area (Å²) >= 11 is 4.94. The van der Waals surface area contributed by atoms with Crippen molar-refractivity contribution in [2.24, 2.45) is 0 Å². The minimum atomic E-state index is 0. The maximum Gasteiger partial charge on any atom is 1.00 e. The molecule has 0 aliphatic heterocycles. The monoisotopic (exact) mass is 138 g/mol. The number of hydrogen-bond acceptors (Lipinski definition) is 1. The summed E-state index contributed by atoms with van der Waals surface area (Å²) in [5.41, 5.74) is 0. The van der Waals surface area contributed by atoms with E-state index in [9.17, 15) is 0 Å². The summed E-state index contributed by atoms with van der Waals surface area (Å²) in [5, 5.41) is 7.74. The normalized spacial score (nSPS) is 5.00. The Morgan fingerprint density at radius 1 is 1.50 bits per heavy atom. The predicted molar refractivity (Wildman–Crippen MR) is 17.8 cm³/mol. The Balaban J connectivity index is -0.0000000450. The molecule has 0 aromatic rings. The molecule has 1 N–H and O–H groups in total. The molecular weight excluding hydrogens is 134 g/mol. The van der Waals surface area contributed by atoms with Crippen LogP contribution in [0.25, 0.3) is 0 Å². The minimum absolute atomic E-state index is 0. The van der Waals surface area contributed by atoms with E-state index in [0.717, 1.165) is 0 Å². The van der Waals surface area contributed by atoms with Crippen molar-refractivity contribution in [3.8, 4) is 0 Å². The maximum absolute atomic E-state index is 7.74. The van der Waals surface area contributed by atoms with E-state index in [2.05, 4.69) is 0 Å². The van der Waals surface area contributed by atoms with E-state index >= 15 is 0 Å². The molecule has 0 aromatic carbocycles. The molecule has 0 fully saturated rings. The van der Waals surface area contributed by atoms with E-state index in [1.165, 1.54) is 0 Å².